The molecule has 2 aromatic rings. The summed E-state index contributed by atoms with van der Waals surface area (Å²) in [6, 6.07) is 13.1. The first-order valence-corrected chi connectivity index (χ1v) is 7.44. The number of ether oxygens (including phenoxy) is 3. The fraction of sp³-hybridized carbons (Fsp3) is 0.294. The second kappa shape index (κ2) is 8.51. The average Bonchev–Trinajstić information content (AvgIpc) is 2.54. The van der Waals surface area contributed by atoms with Crippen LogP contribution in [0.15, 0.2) is 42.5 Å². The van der Waals surface area contributed by atoms with Crippen LogP contribution < -0.4 is 19.5 Å². The zero-order valence-electron chi connectivity index (χ0n) is 12.8. The lowest BCUT2D eigenvalue weighted by Crippen LogP contribution is -2.13. The summed E-state index contributed by atoms with van der Waals surface area (Å²) in [5.41, 5.74) is 1.05. The van der Waals surface area contributed by atoms with Gasteiger partial charge in [0.2, 0.25) is 0 Å². The van der Waals surface area contributed by atoms with Gasteiger partial charge in [-0.05, 0) is 37.4 Å². The summed E-state index contributed by atoms with van der Waals surface area (Å²) in [7, 11) is 3.53. The Labute approximate surface area is 136 Å². The van der Waals surface area contributed by atoms with Crippen molar-refractivity contribution in [3.8, 4) is 17.2 Å². The smallest absolute Gasteiger partial charge is 0.165 e. The molecule has 0 atom stereocenters. The maximum atomic E-state index is 5.84. The molecule has 0 aromatic heterocycles. The molecule has 0 aliphatic rings. The first-order chi connectivity index (χ1) is 10.7. The van der Waals surface area contributed by atoms with Crippen LogP contribution in [0, 0.1) is 0 Å². The molecule has 22 heavy (non-hydrogen) atoms. The van der Waals surface area contributed by atoms with Crippen LogP contribution >= 0.6 is 11.6 Å². The van der Waals surface area contributed by atoms with Crippen LogP contribution in [0.4, 0.5) is 0 Å². The van der Waals surface area contributed by atoms with Crippen molar-refractivity contribution in [2.45, 2.75) is 6.54 Å². The number of benzene rings is 2. The fourth-order valence-corrected chi connectivity index (χ4v) is 2.18. The second-order valence-corrected chi connectivity index (χ2v) is 5.07. The van der Waals surface area contributed by atoms with Gasteiger partial charge in [-0.3, -0.25) is 0 Å². The molecule has 0 saturated heterocycles. The van der Waals surface area contributed by atoms with Gasteiger partial charge in [0.05, 0.1) is 7.11 Å². The lowest BCUT2D eigenvalue weighted by molar-refractivity contribution is 0.210. The number of halogens is 1. The first-order valence-electron chi connectivity index (χ1n) is 7.06. The summed E-state index contributed by atoms with van der Waals surface area (Å²) in [5, 5.41) is 3.81. The van der Waals surface area contributed by atoms with Crippen LogP contribution in [0.2, 0.25) is 5.02 Å². The van der Waals surface area contributed by atoms with Gasteiger partial charge in [-0.15, -0.1) is 0 Å². The fourth-order valence-electron chi connectivity index (χ4n) is 2.05. The summed E-state index contributed by atoms with van der Waals surface area (Å²) < 4.78 is 16.8. The van der Waals surface area contributed by atoms with E-state index in [1.54, 1.807) is 19.2 Å². The molecule has 0 unspecified atom stereocenters. The predicted octanol–water partition coefficient (Wildman–Crippen LogP) is 3.53. The van der Waals surface area contributed by atoms with E-state index in [4.69, 9.17) is 25.8 Å². The van der Waals surface area contributed by atoms with E-state index in [1.165, 1.54) is 0 Å². The SMILES string of the molecule is CNCc1cccc(OC)c1OCCOc1ccc(Cl)cc1. The second-order valence-electron chi connectivity index (χ2n) is 4.63. The summed E-state index contributed by atoms with van der Waals surface area (Å²) in [5.74, 6) is 2.24. The summed E-state index contributed by atoms with van der Waals surface area (Å²) in [6.45, 7) is 1.59. The average molecular weight is 322 g/mol. The molecule has 2 rings (SSSR count). The molecule has 118 valence electrons. The lowest BCUT2D eigenvalue weighted by Gasteiger charge is -2.15. The molecule has 0 saturated carbocycles. The van der Waals surface area contributed by atoms with Gasteiger partial charge in [0.25, 0.3) is 0 Å². The first kappa shape index (κ1) is 16.5. The van der Waals surface area contributed by atoms with Crippen LogP contribution in [-0.2, 0) is 6.54 Å². The summed E-state index contributed by atoms with van der Waals surface area (Å²) >= 11 is 5.83. The Bertz CT molecular complexity index is 587. The maximum absolute atomic E-state index is 5.84. The van der Waals surface area contributed by atoms with Crippen molar-refractivity contribution in [1.29, 1.82) is 0 Å². The van der Waals surface area contributed by atoms with Crippen molar-refractivity contribution < 1.29 is 14.2 Å². The Hall–Kier alpha value is -1.91. The molecule has 4 nitrogen and oxygen atoms in total. The topological polar surface area (TPSA) is 39.7 Å². The normalized spacial score (nSPS) is 10.3. The lowest BCUT2D eigenvalue weighted by atomic mass is 10.2. The van der Waals surface area contributed by atoms with Gasteiger partial charge < -0.3 is 19.5 Å². The van der Waals surface area contributed by atoms with Crippen LogP contribution in [0.3, 0.4) is 0 Å². The Morgan fingerprint density at radius 1 is 1.00 bits per heavy atom. The zero-order valence-corrected chi connectivity index (χ0v) is 13.5. The van der Waals surface area contributed by atoms with E-state index < -0.39 is 0 Å². The Morgan fingerprint density at radius 3 is 2.41 bits per heavy atom. The highest BCUT2D eigenvalue weighted by atomic mass is 35.5. The van der Waals surface area contributed by atoms with Crippen molar-refractivity contribution in [3.63, 3.8) is 0 Å². The number of rotatable bonds is 8. The quantitative estimate of drug-likeness (QED) is 0.755. The molecule has 0 amide bonds. The highest BCUT2D eigenvalue weighted by molar-refractivity contribution is 6.30. The number of para-hydroxylation sites is 1. The molecule has 0 aliphatic heterocycles. The molecule has 2 aromatic carbocycles. The van der Waals surface area contributed by atoms with Gasteiger partial charge in [0.15, 0.2) is 11.5 Å². The largest absolute Gasteiger partial charge is 0.493 e. The monoisotopic (exact) mass is 321 g/mol. The molecule has 0 radical (unpaired) electrons. The standard InChI is InChI=1S/C17H20ClNO3/c1-19-12-13-4-3-5-16(20-2)17(13)22-11-10-21-15-8-6-14(18)7-9-15/h3-9,19H,10-12H2,1-2H3. The van der Waals surface area contributed by atoms with Crippen molar-refractivity contribution in [2.24, 2.45) is 0 Å². The van der Waals surface area contributed by atoms with Crippen molar-refractivity contribution >= 4 is 11.6 Å². The third-order valence-corrected chi connectivity index (χ3v) is 3.31. The van der Waals surface area contributed by atoms with Gasteiger partial charge in [-0.1, -0.05) is 23.7 Å². The highest BCUT2D eigenvalue weighted by Crippen LogP contribution is 2.31. The van der Waals surface area contributed by atoms with E-state index in [9.17, 15) is 0 Å². The van der Waals surface area contributed by atoms with Crippen LogP contribution in [0.5, 0.6) is 17.2 Å². The van der Waals surface area contributed by atoms with Crippen LogP contribution in [-0.4, -0.2) is 27.4 Å². The van der Waals surface area contributed by atoms with E-state index in [-0.39, 0.29) is 0 Å². The van der Waals surface area contributed by atoms with E-state index in [0.717, 1.165) is 22.8 Å². The van der Waals surface area contributed by atoms with Gasteiger partial charge in [-0.2, -0.15) is 0 Å². The van der Waals surface area contributed by atoms with Crippen LogP contribution in [0.1, 0.15) is 5.56 Å². The van der Waals surface area contributed by atoms with Crippen LogP contribution in [0.25, 0.3) is 0 Å². The summed E-state index contributed by atoms with van der Waals surface area (Å²) in [4.78, 5) is 0. The van der Waals surface area contributed by atoms with Gasteiger partial charge in [-0.25, -0.2) is 0 Å². The van der Waals surface area contributed by atoms with Gasteiger partial charge >= 0.3 is 0 Å². The molecule has 1 N–H and O–H groups in total. The molecule has 0 heterocycles. The molecule has 0 fully saturated rings. The van der Waals surface area contributed by atoms with Crippen molar-refractivity contribution in [3.05, 3.63) is 53.1 Å². The maximum Gasteiger partial charge on any atom is 0.165 e. The van der Waals surface area contributed by atoms with Crippen molar-refractivity contribution in [2.75, 3.05) is 27.4 Å². The Kier molecular flexibility index (Phi) is 6.37. The minimum atomic E-state index is 0.430. The van der Waals surface area contributed by atoms with E-state index in [0.29, 0.717) is 24.8 Å². The predicted molar refractivity (Wildman–Crippen MR) is 88.2 cm³/mol. The minimum Gasteiger partial charge on any atom is -0.493 e. The molecule has 0 spiro atoms. The van der Waals surface area contributed by atoms with Crippen molar-refractivity contribution in [1.82, 2.24) is 5.32 Å². The van der Waals surface area contributed by atoms with E-state index in [1.807, 2.05) is 37.4 Å². The number of methoxy groups -OCH3 is 1. The summed E-state index contributed by atoms with van der Waals surface area (Å²) in [6.07, 6.45) is 0. The van der Waals surface area contributed by atoms with Gasteiger partial charge in [0.1, 0.15) is 19.0 Å². The molecule has 0 aliphatic carbocycles. The zero-order chi connectivity index (χ0) is 15.8. The molecule has 0 bridgehead atoms. The third kappa shape index (κ3) is 4.55. The third-order valence-electron chi connectivity index (χ3n) is 3.06. The molecule has 5 heteroatoms. The number of nitrogens with one attached hydrogen (secondary N) is 1. The Balaban J connectivity index is 1.91. The molecular formula is C17H20ClNO3. The van der Waals surface area contributed by atoms with Gasteiger partial charge in [0, 0.05) is 17.1 Å². The molecular weight excluding hydrogens is 302 g/mol. The highest BCUT2D eigenvalue weighted by Gasteiger charge is 2.09. The number of hydrogen-bond donors (Lipinski definition) is 1. The number of hydrogen-bond acceptors (Lipinski definition) is 4. The van der Waals surface area contributed by atoms with E-state index >= 15 is 0 Å². The minimum absolute atomic E-state index is 0.430. The van der Waals surface area contributed by atoms with E-state index in [2.05, 4.69) is 5.32 Å². The Morgan fingerprint density at radius 2 is 1.73 bits per heavy atom.